The Balaban J connectivity index is 1.66. The Hall–Kier alpha value is -2.49. The molecule has 4 nitrogen and oxygen atoms in total. The number of nitrogens with zero attached hydrogens (tertiary/aromatic N) is 1. The van der Waals surface area contributed by atoms with Crippen molar-refractivity contribution in [2.24, 2.45) is 0 Å². The number of methoxy groups -OCH3 is 1. The second kappa shape index (κ2) is 9.63. The highest BCUT2D eigenvalue weighted by atomic mass is 16.5. The second-order valence-corrected chi connectivity index (χ2v) is 7.57. The number of carbonyl (C=O) groups excluding carboxylic acids is 1. The second-order valence-electron chi connectivity index (χ2n) is 7.57. The van der Waals surface area contributed by atoms with Gasteiger partial charge in [-0.3, -0.25) is 0 Å². The van der Waals surface area contributed by atoms with Crippen molar-refractivity contribution in [3.05, 3.63) is 70.4 Å². The van der Waals surface area contributed by atoms with E-state index in [-0.39, 0.29) is 5.76 Å². The number of hydrogen-bond acceptors (Lipinski definition) is 4. The summed E-state index contributed by atoms with van der Waals surface area (Å²) in [6.45, 7) is 2.62. The monoisotopic (exact) mass is 381 g/mol. The highest BCUT2D eigenvalue weighted by Crippen LogP contribution is 2.29. The molecule has 0 bridgehead atoms. The summed E-state index contributed by atoms with van der Waals surface area (Å²) >= 11 is 0. The number of hydrogen-bond donors (Lipinski definition) is 0. The number of allylic oxidation sites excluding steroid dienone is 8. The highest BCUT2D eigenvalue weighted by molar-refractivity contribution is 5.86. The van der Waals surface area contributed by atoms with E-state index in [1.165, 1.54) is 43.2 Å². The zero-order valence-corrected chi connectivity index (χ0v) is 17.3. The number of rotatable bonds is 5. The van der Waals surface area contributed by atoms with Gasteiger partial charge in [0.2, 0.25) is 5.76 Å². The zero-order valence-electron chi connectivity index (χ0n) is 17.3. The lowest BCUT2D eigenvalue weighted by Gasteiger charge is -2.24. The Morgan fingerprint density at radius 2 is 2.00 bits per heavy atom. The molecule has 1 aromatic rings. The number of carbonyl (C=O) groups is 1. The Kier molecular flexibility index (Phi) is 6.96. The first-order valence-corrected chi connectivity index (χ1v) is 10.2. The first-order chi connectivity index (χ1) is 13.6. The fraction of sp³-hybridized carbons (Fsp3) is 0.458. The average Bonchev–Trinajstić information content (AvgIpc) is 2.85. The summed E-state index contributed by atoms with van der Waals surface area (Å²) in [6, 6.07) is 1.80. The van der Waals surface area contributed by atoms with Crippen LogP contribution in [0.25, 0.3) is 0 Å². The minimum absolute atomic E-state index is 0.272. The summed E-state index contributed by atoms with van der Waals surface area (Å²) in [7, 11) is 3.48. The maximum Gasteiger partial charge on any atom is 0.373 e. The van der Waals surface area contributed by atoms with Crippen molar-refractivity contribution in [1.29, 1.82) is 0 Å². The molecular weight excluding hydrogens is 350 g/mol. The van der Waals surface area contributed by atoms with Gasteiger partial charge in [-0.15, -0.1) is 0 Å². The summed E-state index contributed by atoms with van der Waals surface area (Å²) < 4.78 is 10.3. The van der Waals surface area contributed by atoms with Crippen LogP contribution >= 0.6 is 0 Å². The fourth-order valence-electron chi connectivity index (χ4n) is 3.92. The van der Waals surface area contributed by atoms with Crippen LogP contribution in [0, 0.1) is 6.92 Å². The van der Waals surface area contributed by atoms with Gasteiger partial charge in [-0.2, -0.15) is 0 Å². The van der Waals surface area contributed by atoms with Crippen molar-refractivity contribution in [1.82, 2.24) is 4.90 Å². The molecule has 0 saturated heterocycles. The number of esters is 1. The third-order valence-corrected chi connectivity index (χ3v) is 5.56. The quantitative estimate of drug-likeness (QED) is 0.599. The van der Waals surface area contributed by atoms with Crippen LogP contribution in [0.2, 0.25) is 0 Å². The molecule has 3 rings (SSSR count). The lowest BCUT2D eigenvalue weighted by Crippen LogP contribution is -2.18. The van der Waals surface area contributed by atoms with Crippen LogP contribution in [-0.4, -0.2) is 25.0 Å². The van der Waals surface area contributed by atoms with E-state index in [0.717, 1.165) is 43.6 Å². The predicted molar refractivity (Wildman–Crippen MR) is 112 cm³/mol. The van der Waals surface area contributed by atoms with Crippen molar-refractivity contribution < 1.29 is 13.9 Å². The summed E-state index contributed by atoms with van der Waals surface area (Å²) in [5.41, 5.74) is 5.42. The van der Waals surface area contributed by atoms with Crippen LogP contribution in [0.15, 0.2) is 57.7 Å². The molecule has 1 aromatic heterocycles. The Labute approximate surface area is 168 Å². The van der Waals surface area contributed by atoms with Crippen molar-refractivity contribution in [2.45, 2.75) is 58.4 Å². The van der Waals surface area contributed by atoms with Crippen LogP contribution < -0.4 is 0 Å². The van der Waals surface area contributed by atoms with Crippen molar-refractivity contribution in [3.63, 3.8) is 0 Å². The van der Waals surface area contributed by atoms with E-state index >= 15 is 0 Å². The van der Waals surface area contributed by atoms with E-state index in [0.29, 0.717) is 0 Å². The van der Waals surface area contributed by atoms with Gasteiger partial charge in [-0.25, -0.2) is 4.79 Å². The number of aryl methyl sites for hydroxylation is 1. The van der Waals surface area contributed by atoms with Crippen LogP contribution in [0.1, 0.15) is 66.8 Å². The number of ether oxygens (including phenoxy) is 1. The normalized spacial score (nSPS) is 21.3. The molecule has 2 aliphatic rings. The van der Waals surface area contributed by atoms with Gasteiger partial charge in [0, 0.05) is 24.9 Å². The van der Waals surface area contributed by atoms with Crippen molar-refractivity contribution in [2.75, 3.05) is 14.2 Å². The van der Waals surface area contributed by atoms with E-state index in [2.05, 4.69) is 42.3 Å². The maximum absolute atomic E-state index is 11.7. The van der Waals surface area contributed by atoms with Gasteiger partial charge in [-0.1, -0.05) is 30.4 Å². The third kappa shape index (κ3) is 5.06. The Morgan fingerprint density at radius 1 is 1.18 bits per heavy atom. The van der Waals surface area contributed by atoms with Gasteiger partial charge in [0.05, 0.1) is 7.11 Å². The molecule has 1 heterocycles. The van der Waals surface area contributed by atoms with Crippen molar-refractivity contribution in [3.8, 4) is 0 Å². The lowest BCUT2D eigenvalue weighted by molar-refractivity contribution is 0.0563. The molecule has 4 heteroatoms. The standard InChI is InChI=1S/C24H31NO3/c1-18-21(16-23(28-18)24(26)27-3)17-25(2)22-14-8-12-20(13-9-15-22)19-10-6-4-5-7-11-19/h4,6,10,12,14,16H,5,7-9,11,13,15,17H2,1-3H3/b20-12+,22-14+. The lowest BCUT2D eigenvalue weighted by atomic mass is 9.93. The van der Waals surface area contributed by atoms with Gasteiger partial charge >= 0.3 is 5.97 Å². The van der Waals surface area contributed by atoms with Crippen molar-refractivity contribution >= 4 is 5.97 Å². The smallest absolute Gasteiger partial charge is 0.373 e. The molecule has 0 fully saturated rings. The molecule has 28 heavy (non-hydrogen) atoms. The summed E-state index contributed by atoms with van der Waals surface area (Å²) in [6.07, 6.45) is 19.5. The van der Waals surface area contributed by atoms with Gasteiger partial charge in [0.25, 0.3) is 0 Å². The van der Waals surface area contributed by atoms with Crippen LogP contribution in [0.4, 0.5) is 0 Å². The molecule has 0 N–H and O–H groups in total. The largest absolute Gasteiger partial charge is 0.463 e. The summed E-state index contributed by atoms with van der Waals surface area (Å²) in [5.74, 6) is 0.616. The van der Waals surface area contributed by atoms with Crippen LogP contribution in [-0.2, 0) is 11.3 Å². The molecule has 0 aromatic carbocycles. The highest BCUT2D eigenvalue weighted by Gasteiger charge is 2.17. The van der Waals surface area contributed by atoms with E-state index in [9.17, 15) is 4.79 Å². The van der Waals surface area contributed by atoms with Crippen LogP contribution in [0.5, 0.6) is 0 Å². The molecule has 0 atom stereocenters. The van der Waals surface area contributed by atoms with Gasteiger partial charge in [-0.05, 0) is 69.1 Å². The molecular formula is C24H31NO3. The Bertz CT molecular complexity index is 823. The molecule has 150 valence electrons. The minimum atomic E-state index is -0.428. The van der Waals surface area contributed by atoms with E-state index in [1.54, 1.807) is 6.07 Å². The summed E-state index contributed by atoms with van der Waals surface area (Å²) in [5, 5.41) is 0. The third-order valence-electron chi connectivity index (χ3n) is 5.56. The fourth-order valence-corrected chi connectivity index (χ4v) is 3.92. The molecule has 0 radical (unpaired) electrons. The first kappa shape index (κ1) is 20.2. The van der Waals surface area contributed by atoms with E-state index in [1.807, 2.05) is 6.92 Å². The minimum Gasteiger partial charge on any atom is -0.463 e. The van der Waals surface area contributed by atoms with E-state index < -0.39 is 5.97 Å². The molecule has 0 amide bonds. The van der Waals surface area contributed by atoms with Gasteiger partial charge in [0.15, 0.2) is 0 Å². The average molecular weight is 382 g/mol. The Morgan fingerprint density at radius 3 is 2.82 bits per heavy atom. The molecule has 0 saturated carbocycles. The summed E-state index contributed by atoms with van der Waals surface area (Å²) in [4.78, 5) is 13.9. The topological polar surface area (TPSA) is 42.7 Å². The van der Waals surface area contributed by atoms with Gasteiger partial charge < -0.3 is 14.1 Å². The van der Waals surface area contributed by atoms with Gasteiger partial charge in [0.1, 0.15) is 5.76 Å². The molecule has 0 spiro atoms. The zero-order chi connectivity index (χ0) is 19.9. The SMILES string of the molecule is COC(=O)c1cc(CN(C)/C2=C/C/C=C(/C3=CC=CCCC3)CCC2)c(C)o1. The van der Waals surface area contributed by atoms with Crippen LogP contribution in [0.3, 0.4) is 0 Å². The predicted octanol–water partition coefficient (Wildman–Crippen LogP) is 5.86. The molecule has 0 aliphatic heterocycles. The molecule has 0 unspecified atom stereocenters. The number of furan rings is 1. The maximum atomic E-state index is 11.7. The molecule has 2 aliphatic carbocycles. The first-order valence-electron chi connectivity index (χ1n) is 10.2. The van der Waals surface area contributed by atoms with E-state index in [4.69, 9.17) is 9.15 Å².